The molecule has 0 aliphatic heterocycles. The topological polar surface area (TPSA) is 47.9 Å². The SMILES string of the molecule is COc1ncccc1-c1ncccn1. The van der Waals surface area contributed by atoms with Crippen LogP contribution in [0.3, 0.4) is 0 Å². The standard InChI is InChI=1S/C10H9N3O/c1-14-10-8(4-2-5-13-10)9-11-6-3-7-12-9/h2-7H,1H3. The maximum absolute atomic E-state index is 5.11. The zero-order valence-electron chi connectivity index (χ0n) is 7.71. The summed E-state index contributed by atoms with van der Waals surface area (Å²) in [5.74, 6) is 1.16. The number of ether oxygens (including phenoxy) is 1. The third-order valence-electron chi connectivity index (χ3n) is 1.77. The van der Waals surface area contributed by atoms with Crippen LogP contribution in [-0.2, 0) is 0 Å². The van der Waals surface area contributed by atoms with Crippen LogP contribution in [0.15, 0.2) is 36.8 Å². The van der Waals surface area contributed by atoms with Crippen molar-refractivity contribution >= 4 is 0 Å². The minimum Gasteiger partial charge on any atom is -0.480 e. The van der Waals surface area contributed by atoms with Gasteiger partial charge in [0.15, 0.2) is 5.82 Å². The lowest BCUT2D eigenvalue weighted by Crippen LogP contribution is -1.93. The quantitative estimate of drug-likeness (QED) is 0.715. The highest BCUT2D eigenvalue weighted by atomic mass is 16.5. The van der Waals surface area contributed by atoms with E-state index in [-0.39, 0.29) is 0 Å². The molecule has 70 valence electrons. The summed E-state index contributed by atoms with van der Waals surface area (Å²) in [4.78, 5) is 12.3. The molecule has 0 radical (unpaired) electrons. The number of pyridine rings is 1. The lowest BCUT2D eigenvalue weighted by molar-refractivity contribution is 0.399. The summed E-state index contributed by atoms with van der Waals surface area (Å²) < 4.78 is 5.11. The zero-order chi connectivity index (χ0) is 9.80. The second-order valence-electron chi connectivity index (χ2n) is 2.63. The van der Waals surface area contributed by atoms with E-state index < -0.39 is 0 Å². The molecular weight excluding hydrogens is 178 g/mol. The van der Waals surface area contributed by atoms with Gasteiger partial charge in [0.05, 0.1) is 12.7 Å². The highest BCUT2D eigenvalue weighted by Gasteiger charge is 2.07. The summed E-state index contributed by atoms with van der Waals surface area (Å²) in [6, 6.07) is 5.47. The van der Waals surface area contributed by atoms with Crippen LogP contribution < -0.4 is 4.74 Å². The second kappa shape index (κ2) is 3.83. The maximum atomic E-state index is 5.11. The average Bonchev–Trinajstić information content (AvgIpc) is 2.30. The molecule has 2 heterocycles. The predicted molar refractivity (Wildman–Crippen MR) is 51.8 cm³/mol. The zero-order valence-corrected chi connectivity index (χ0v) is 7.71. The van der Waals surface area contributed by atoms with Gasteiger partial charge in [0.1, 0.15) is 0 Å². The number of nitrogens with zero attached hydrogens (tertiary/aromatic N) is 3. The molecular formula is C10H9N3O. The van der Waals surface area contributed by atoms with Gasteiger partial charge in [-0.05, 0) is 18.2 Å². The Hall–Kier alpha value is -1.97. The number of methoxy groups -OCH3 is 1. The molecule has 2 aromatic rings. The largest absolute Gasteiger partial charge is 0.480 e. The molecule has 2 rings (SSSR count). The number of hydrogen-bond acceptors (Lipinski definition) is 4. The van der Waals surface area contributed by atoms with Crippen molar-refractivity contribution in [2.24, 2.45) is 0 Å². The van der Waals surface area contributed by atoms with E-state index >= 15 is 0 Å². The molecule has 0 aliphatic carbocycles. The Morgan fingerprint density at radius 3 is 2.43 bits per heavy atom. The van der Waals surface area contributed by atoms with Crippen molar-refractivity contribution in [1.29, 1.82) is 0 Å². The van der Waals surface area contributed by atoms with Crippen LogP contribution in [0.1, 0.15) is 0 Å². The lowest BCUT2D eigenvalue weighted by atomic mass is 10.2. The first-order valence-corrected chi connectivity index (χ1v) is 4.18. The summed E-state index contributed by atoms with van der Waals surface area (Å²) in [5.41, 5.74) is 0.801. The van der Waals surface area contributed by atoms with E-state index in [2.05, 4.69) is 15.0 Å². The highest BCUT2D eigenvalue weighted by Crippen LogP contribution is 2.23. The molecule has 2 aromatic heterocycles. The fourth-order valence-electron chi connectivity index (χ4n) is 1.16. The van der Waals surface area contributed by atoms with Gasteiger partial charge in [0.25, 0.3) is 0 Å². The molecule has 4 heteroatoms. The molecule has 4 nitrogen and oxygen atoms in total. The van der Waals surface area contributed by atoms with Crippen LogP contribution in [0.2, 0.25) is 0 Å². The van der Waals surface area contributed by atoms with E-state index in [0.29, 0.717) is 11.7 Å². The number of hydrogen-bond donors (Lipinski definition) is 0. The van der Waals surface area contributed by atoms with Crippen LogP contribution in [0.5, 0.6) is 5.88 Å². The van der Waals surface area contributed by atoms with Crippen molar-refractivity contribution < 1.29 is 4.74 Å². The summed E-state index contributed by atoms with van der Waals surface area (Å²) in [6.45, 7) is 0. The van der Waals surface area contributed by atoms with E-state index in [0.717, 1.165) is 5.56 Å². The molecule has 0 fully saturated rings. The van der Waals surface area contributed by atoms with Crippen LogP contribution in [0.25, 0.3) is 11.4 Å². The molecule has 14 heavy (non-hydrogen) atoms. The Kier molecular flexibility index (Phi) is 2.36. The normalized spacial score (nSPS) is 9.79. The van der Waals surface area contributed by atoms with Crippen molar-refractivity contribution in [1.82, 2.24) is 15.0 Å². The summed E-state index contributed by atoms with van der Waals surface area (Å²) in [5, 5.41) is 0. The van der Waals surface area contributed by atoms with Gasteiger partial charge in [-0.3, -0.25) is 0 Å². The molecule has 0 saturated heterocycles. The second-order valence-corrected chi connectivity index (χ2v) is 2.63. The van der Waals surface area contributed by atoms with Crippen molar-refractivity contribution in [3.05, 3.63) is 36.8 Å². The molecule has 0 amide bonds. The van der Waals surface area contributed by atoms with Gasteiger partial charge in [-0.25, -0.2) is 15.0 Å². The van der Waals surface area contributed by atoms with Gasteiger partial charge < -0.3 is 4.74 Å². The van der Waals surface area contributed by atoms with E-state index in [4.69, 9.17) is 4.74 Å². The molecule has 0 aromatic carbocycles. The summed E-state index contributed by atoms with van der Waals surface area (Å²) >= 11 is 0. The molecule has 0 unspecified atom stereocenters. The van der Waals surface area contributed by atoms with E-state index in [1.807, 2.05) is 12.1 Å². The van der Waals surface area contributed by atoms with E-state index in [9.17, 15) is 0 Å². The van der Waals surface area contributed by atoms with Crippen LogP contribution >= 0.6 is 0 Å². The monoisotopic (exact) mass is 187 g/mol. The number of rotatable bonds is 2. The lowest BCUT2D eigenvalue weighted by Gasteiger charge is -2.04. The Morgan fingerprint density at radius 2 is 1.71 bits per heavy atom. The average molecular weight is 187 g/mol. The number of aromatic nitrogens is 3. The third-order valence-corrected chi connectivity index (χ3v) is 1.77. The molecule has 0 N–H and O–H groups in total. The smallest absolute Gasteiger partial charge is 0.224 e. The van der Waals surface area contributed by atoms with E-state index in [1.54, 1.807) is 31.8 Å². The Morgan fingerprint density at radius 1 is 1.00 bits per heavy atom. The third kappa shape index (κ3) is 1.54. The fraction of sp³-hybridized carbons (Fsp3) is 0.100. The van der Waals surface area contributed by atoms with Gasteiger partial charge >= 0.3 is 0 Å². The van der Waals surface area contributed by atoms with Crippen molar-refractivity contribution in [3.63, 3.8) is 0 Å². The fourth-order valence-corrected chi connectivity index (χ4v) is 1.16. The van der Waals surface area contributed by atoms with Crippen molar-refractivity contribution in [3.8, 4) is 17.3 Å². The van der Waals surface area contributed by atoms with Crippen LogP contribution in [0.4, 0.5) is 0 Å². The molecule has 0 saturated carbocycles. The molecule has 0 spiro atoms. The summed E-state index contributed by atoms with van der Waals surface area (Å²) in [6.07, 6.45) is 5.05. The Bertz CT molecular complexity index is 417. The van der Waals surface area contributed by atoms with Crippen LogP contribution in [0, 0.1) is 0 Å². The van der Waals surface area contributed by atoms with Gasteiger partial charge in [0.2, 0.25) is 5.88 Å². The first kappa shape index (κ1) is 8.62. The molecule has 0 bridgehead atoms. The minimum atomic E-state index is 0.540. The van der Waals surface area contributed by atoms with Gasteiger partial charge in [-0.2, -0.15) is 0 Å². The first-order chi connectivity index (χ1) is 6.92. The Labute approximate surface area is 81.6 Å². The molecule has 0 atom stereocenters. The summed E-state index contributed by atoms with van der Waals surface area (Å²) in [7, 11) is 1.58. The molecule has 0 aliphatic rings. The van der Waals surface area contributed by atoms with E-state index in [1.165, 1.54) is 0 Å². The van der Waals surface area contributed by atoms with Crippen LogP contribution in [-0.4, -0.2) is 22.1 Å². The Balaban J connectivity index is 2.51. The van der Waals surface area contributed by atoms with Gasteiger partial charge in [-0.1, -0.05) is 0 Å². The van der Waals surface area contributed by atoms with Crippen molar-refractivity contribution in [2.75, 3.05) is 7.11 Å². The first-order valence-electron chi connectivity index (χ1n) is 4.18. The van der Waals surface area contributed by atoms with Crippen molar-refractivity contribution in [2.45, 2.75) is 0 Å². The minimum absolute atomic E-state index is 0.540. The maximum Gasteiger partial charge on any atom is 0.224 e. The highest BCUT2D eigenvalue weighted by molar-refractivity contribution is 5.60. The van der Waals surface area contributed by atoms with Gasteiger partial charge in [0, 0.05) is 18.6 Å². The predicted octanol–water partition coefficient (Wildman–Crippen LogP) is 1.55. The van der Waals surface area contributed by atoms with Gasteiger partial charge in [-0.15, -0.1) is 0 Å².